The highest BCUT2D eigenvalue weighted by Crippen LogP contribution is 1.90. The largest absolute Gasteiger partial charge is 0.557 e. The molecule has 0 spiro atoms. The first-order chi connectivity index (χ1) is 6.38. The predicted octanol–water partition coefficient (Wildman–Crippen LogP) is -0.672. The van der Waals surface area contributed by atoms with Gasteiger partial charge in [0.05, 0.1) is 14.2 Å². The maximum atomic E-state index is 4.74. The van der Waals surface area contributed by atoms with Gasteiger partial charge >= 0.3 is 7.12 Å². The second-order valence-electron chi connectivity index (χ2n) is 2.03. The van der Waals surface area contributed by atoms with Crippen molar-refractivity contribution < 1.29 is 19.4 Å². The average Bonchev–Trinajstić information content (AvgIpc) is 2.19. The SMILES string of the molecule is COOB(OOC)c1cncnc1. The molecule has 0 N–H and O–H groups in total. The van der Waals surface area contributed by atoms with Crippen LogP contribution in [0.1, 0.15) is 0 Å². The average molecular weight is 184 g/mol. The van der Waals surface area contributed by atoms with E-state index in [0.717, 1.165) is 0 Å². The Morgan fingerprint density at radius 3 is 2.08 bits per heavy atom. The van der Waals surface area contributed by atoms with Crippen molar-refractivity contribution in [1.82, 2.24) is 9.97 Å². The summed E-state index contributed by atoms with van der Waals surface area (Å²) in [6.45, 7) is 0. The predicted molar refractivity (Wildman–Crippen MR) is 43.6 cm³/mol. The molecule has 0 atom stereocenters. The maximum absolute atomic E-state index is 4.74. The number of rotatable bonds is 5. The van der Waals surface area contributed by atoms with Crippen LogP contribution >= 0.6 is 0 Å². The fourth-order valence-electron chi connectivity index (χ4n) is 0.734. The van der Waals surface area contributed by atoms with E-state index in [4.69, 9.17) is 9.61 Å². The van der Waals surface area contributed by atoms with Gasteiger partial charge in [0.25, 0.3) is 0 Å². The van der Waals surface area contributed by atoms with Crippen molar-refractivity contribution in [3.8, 4) is 0 Å². The Hall–Kier alpha value is -1.02. The van der Waals surface area contributed by atoms with Crippen LogP contribution in [0.4, 0.5) is 0 Å². The lowest BCUT2D eigenvalue weighted by molar-refractivity contribution is -0.255. The van der Waals surface area contributed by atoms with Crippen molar-refractivity contribution in [1.29, 1.82) is 0 Å². The lowest BCUT2D eigenvalue weighted by Gasteiger charge is -2.08. The lowest BCUT2D eigenvalue weighted by atomic mass is 9.82. The molecule has 0 fully saturated rings. The van der Waals surface area contributed by atoms with E-state index in [9.17, 15) is 0 Å². The second-order valence-corrected chi connectivity index (χ2v) is 2.03. The highest BCUT2D eigenvalue weighted by atomic mass is 17.3. The molecule has 0 bridgehead atoms. The number of hydrogen-bond acceptors (Lipinski definition) is 6. The quantitative estimate of drug-likeness (QED) is 0.343. The third-order valence-corrected chi connectivity index (χ3v) is 1.22. The van der Waals surface area contributed by atoms with Crippen molar-refractivity contribution in [2.75, 3.05) is 14.2 Å². The van der Waals surface area contributed by atoms with Gasteiger partial charge in [0.15, 0.2) is 0 Å². The van der Waals surface area contributed by atoms with Crippen LogP contribution in [0.2, 0.25) is 0 Å². The number of aromatic nitrogens is 2. The van der Waals surface area contributed by atoms with Gasteiger partial charge in [-0.2, -0.15) is 0 Å². The molecule has 70 valence electrons. The summed E-state index contributed by atoms with van der Waals surface area (Å²) in [4.78, 5) is 26.0. The Morgan fingerprint density at radius 1 is 1.08 bits per heavy atom. The Morgan fingerprint density at radius 2 is 1.62 bits per heavy atom. The van der Waals surface area contributed by atoms with E-state index in [1.165, 1.54) is 32.9 Å². The third kappa shape index (κ3) is 3.07. The van der Waals surface area contributed by atoms with Gasteiger partial charge in [-0.1, -0.05) is 0 Å². The Labute approximate surface area is 75.8 Å². The van der Waals surface area contributed by atoms with E-state index in [1.54, 1.807) is 0 Å². The molecule has 0 aliphatic carbocycles. The Balaban J connectivity index is 2.64. The topological polar surface area (TPSA) is 62.7 Å². The molecule has 0 unspecified atom stereocenters. The fourth-order valence-corrected chi connectivity index (χ4v) is 0.734. The number of hydrogen-bond donors (Lipinski definition) is 0. The Kier molecular flexibility index (Phi) is 4.34. The summed E-state index contributed by atoms with van der Waals surface area (Å²) in [5.74, 6) is 0. The highest BCUT2D eigenvalue weighted by Gasteiger charge is 2.24. The van der Waals surface area contributed by atoms with Crippen molar-refractivity contribution in [3.05, 3.63) is 18.7 Å². The van der Waals surface area contributed by atoms with Crippen LogP contribution in [0.25, 0.3) is 0 Å². The zero-order valence-electron chi connectivity index (χ0n) is 7.34. The molecule has 0 saturated heterocycles. The van der Waals surface area contributed by atoms with Crippen molar-refractivity contribution in [2.24, 2.45) is 0 Å². The number of nitrogens with zero attached hydrogens (tertiary/aromatic N) is 2. The van der Waals surface area contributed by atoms with E-state index in [2.05, 4.69) is 19.7 Å². The van der Waals surface area contributed by atoms with Crippen LogP contribution in [0.15, 0.2) is 18.7 Å². The molecule has 7 heteroatoms. The molecule has 0 aliphatic rings. The summed E-state index contributed by atoms with van der Waals surface area (Å²) in [5, 5.41) is 0. The van der Waals surface area contributed by atoms with Gasteiger partial charge < -0.3 is 0 Å². The van der Waals surface area contributed by atoms with Crippen LogP contribution in [-0.2, 0) is 19.4 Å². The minimum atomic E-state index is -0.781. The molecule has 0 aromatic carbocycles. The summed E-state index contributed by atoms with van der Waals surface area (Å²) >= 11 is 0. The van der Waals surface area contributed by atoms with E-state index in [-0.39, 0.29) is 0 Å². The highest BCUT2D eigenvalue weighted by molar-refractivity contribution is 6.60. The molecular weight excluding hydrogens is 175 g/mol. The second kappa shape index (κ2) is 5.60. The molecule has 1 rings (SSSR count). The van der Waals surface area contributed by atoms with Gasteiger partial charge in [0.1, 0.15) is 6.33 Å². The molecule has 0 saturated carbocycles. The van der Waals surface area contributed by atoms with Gasteiger partial charge in [0, 0.05) is 17.9 Å². The summed E-state index contributed by atoms with van der Waals surface area (Å²) in [7, 11) is 1.96. The van der Waals surface area contributed by atoms with E-state index >= 15 is 0 Å². The monoisotopic (exact) mass is 184 g/mol. The van der Waals surface area contributed by atoms with Gasteiger partial charge in [-0.3, -0.25) is 19.4 Å². The van der Waals surface area contributed by atoms with E-state index < -0.39 is 7.12 Å². The van der Waals surface area contributed by atoms with Gasteiger partial charge in [-0.25, -0.2) is 9.97 Å². The lowest BCUT2D eigenvalue weighted by Crippen LogP contribution is -2.37. The van der Waals surface area contributed by atoms with Crippen LogP contribution < -0.4 is 5.46 Å². The van der Waals surface area contributed by atoms with E-state index in [0.29, 0.717) is 5.46 Å². The normalized spacial score (nSPS) is 10.0. The molecule has 0 aliphatic heterocycles. The smallest absolute Gasteiger partial charge is 0.256 e. The molecule has 1 aromatic heterocycles. The first-order valence-electron chi connectivity index (χ1n) is 3.52. The van der Waals surface area contributed by atoms with Crippen LogP contribution in [0.5, 0.6) is 0 Å². The van der Waals surface area contributed by atoms with Gasteiger partial charge in [0.2, 0.25) is 0 Å². The molecule has 1 aromatic rings. The van der Waals surface area contributed by atoms with Gasteiger partial charge in [-0.15, -0.1) is 0 Å². The van der Waals surface area contributed by atoms with Gasteiger partial charge in [-0.05, 0) is 0 Å². The van der Waals surface area contributed by atoms with Crippen molar-refractivity contribution in [2.45, 2.75) is 0 Å². The summed E-state index contributed by atoms with van der Waals surface area (Å²) in [6.07, 6.45) is 4.48. The molecule has 1 heterocycles. The van der Waals surface area contributed by atoms with E-state index in [1.807, 2.05) is 0 Å². The summed E-state index contributed by atoms with van der Waals surface area (Å²) < 4.78 is 0. The van der Waals surface area contributed by atoms with Crippen molar-refractivity contribution in [3.63, 3.8) is 0 Å². The molecule has 6 nitrogen and oxygen atoms in total. The van der Waals surface area contributed by atoms with Crippen LogP contribution in [0.3, 0.4) is 0 Å². The zero-order valence-corrected chi connectivity index (χ0v) is 7.34. The first-order valence-corrected chi connectivity index (χ1v) is 3.52. The zero-order chi connectivity index (χ0) is 9.52. The van der Waals surface area contributed by atoms with Crippen LogP contribution in [0, 0.1) is 0 Å². The molecular formula is C6H9BN2O4. The minimum absolute atomic E-state index is 0.603. The Bertz CT molecular complexity index is 229. The molecule has 13 heavy (non-hydrogen) atoms. The third-order valence-electron chi connectivity index (χ3n) is 1.22. The van der Waals surface area contributed by atoms with Crippen molar-refractivity contribution >= 4 is 12.6 Å². The van der Waals surface area contributed by atoms with Crippen LogP contribution in [-0.4, -0.2) is 31.3 Å². The summed E-state index contributed by atoms with van der Waals surface area (Å²) in [5.41, 5.74) is 0.603. The molecule has 0 radical (unpaired) electrons. The maximum Gasteiger partial charge on any atom is 0.557 e. The molecule has 0 amide bonds. The fraction of sp³-hybridized carbons (Fsp3) is 0.333. The standard InChI is InChI=1S/C6H9BN2O4/c1-10-12-7(13-11-2)6-3-8-5-9-4-6/h3-5H,1-2H3. The summed E-state index contributed by atoms with van der Waals surface area (Å²) in [6, 6.07) is 0. The first kappa shape index (κ1) is 10.1. The minimum Gasteiger partial charge on any atom is -0.256 e.